The highest BCUT2D eigenvalue weighted by Gasteiger charge is 2.41. The fourth-order valence-corrected chi connectivity index (χ4v) is 9.14. The molecule has 1 aromatic rings. The molecule has 1 fully saturated rings. The number of aliphatic carboxylic acids is 2. The van der Waals surface area contributed by atoms with E-state index in [-0.39, 0.29) is 70.0 Å². The number of nitrogens with two attached hydrogens (primary N) is 4. The molecule has 26 nitrogen and oxygen atoms in total. The maximum Gasteiger partial charge on any atom is 0.326 e. The molecule has 8 amide bonds. The lowest BCUT2D eigenvalue weighted by atomic mass is 9.95. The number of nitrogens with one attached hydrogen (secondary N) is 7. The van der Waals surface area contributed by atoms with E-state index in [4.69, 9.17) is 22.9 Å². The van der Waals surface area contributed by atoms with Crippen LogP contribution in [0, 0.1) is 11.8 Å². The molecular weight excluding hydrogens is 1050 g/mol. The molecule has 0 saturated carbocycles. The van der Waals surface area contributed by atoms with Gasteiger partial charge in [-0.05, 0) is 107 Å². The Labute approximate surface area is 466 Å². The van der Waals surface area contributed by atoms with E-state index in [1.54, 1.807) is 58.0 Å². The number of guanidine groups is 1. The Morgan fingerprint density at radius 2 is 1.29 bits per heavy atom. The number of likely N-dealkylation sites (tertiary alicyclic amines) is 1. The van der Waals surface area contributed by atoms with Gasteiger partial charge in [-0.15, -0.1) is 0 Å². The predicted octanol–water partition coefficient (Wildman–Crippen LogP) is -1.70. The van der Waals surface area contributed by atoms with Gasteiger partial charge in [-0.1, -0.05) is 64.4 Å². The predicted molar refractivity (Wildman–Crippen MR) is 297 cm³/mol. The number of aliphatic hydroxyl groups is 1. The van der Waals surface area contributed by atoms with E-state index in [0.29, 0.717) is 43.4 Å². The first-order valence-electron chi connectivity index (χ1n) is 26.9. The molecular formula is C52H87N13O13S. The van der Waals surface area contributed by atoms with Crippen molar-refractivity contribution in [2.75, 3.05) is 31.6 Å². The Kier molecular flexibility index (Phi) is 31.1. The maximum absolute atomic E-state index is 14.5. The molecule has 18 N–H and O–H groups in total. The topological polar surface area (TPSA) is 435 Å². The van der Waals surface area contributed by atoms with E-state index >= 15 is 0 Å². The third kappa shape index (κ3) is 24.5. The number of nitrogens with zero attached hydrogens (tertiary/aromatic N) is 2. The molecule has 1 aliphatic heterocycles. The number of aliphatic imine (C=N–C) groups is 1. The molecule has 1 aromatic carbocycles. The number of rotatable bonds is 37. The number of amides is 8. The summed E-state index contributed by atoms with van der Waals surface area (Å²) in [6.45, 7) is 8.70. The number of carbonyl (C=O) groups excluding carboxylic acids is 8. The van der Waals surface area contributed by atoms with E-state index in [0.717, 1.165) is 0 Å². The maximum atomic E-state index is 14.5. The molecule has 0 bridgehead atoms. The monoisotopic (exact) mass is 1130 g/mol. The van der Waals surface area contributed by atoms with E-state index in [2.05, 4.69) is 42.2 Å². The van der Waals surface area contributed by atoms with Crippen LogP contribution >= 0.6 is 11.8 Å². The van der Waals surface area contributed by atoms with Gasteiger partial charge in [0.05, 0.1) is 12.1 Å². The number of thioether (sulfide) groups is 1. The lowest BCUT2D eigenvalue weighted by Gasteiger charge is -2.32. The van der Waals surface area contributed by atoms with Crippen molar-refractivity contribution < 1.29 is 63.3 Å². The van der Waals surface area contributed by atoms with Crippen LogP contribution in [0.5, 0.6) is 0 Å². The molecule has 0 unspecified atom stereocenters. The molecule has 27 heteroatoms. The second-order valence-electron chi connectivity index (χ2n) is 20.3. The minimum absolute atomic E-state index is 0.0136. The molecule has 79 heavy (non-hydrogen) atoms. The lowest BCUT2D eigenvalue weighted by Crippen LogP contribution is -2.62. The Morgan fingerprint density at radius 1 is 0.709 bits per heavy atom. The Morgan fingerprint density at radius 3 is 1.87 bits per heavy atom. The smallest absolute Gasteiger partial charge is 0.326 e. The van der Waals surface area contributed by atoms with Crippen LogP contribution in [0.4, 0.5) is 0 Å². The normalized spacial score (nSPS) is 16.9. The summed E-state index contributed by atoms with van der Waals surface area (Å²) in [5.41, 5.74) is 23.1. The molecule has 0 spiro atoms. The third-order valence-electron chi connectivity index (χ3n) is 13.3. The average Bonchev–Trinajstić information content (AvgIpc) is 3.90. The van der Waals surface area contributed by atoms with Crippen molar-refractivity contribution in [3.8, 4) is 0 Å². The van der Waals surface area contributed by atoms with Crippen LogP contribution in [0.15, 0.2) is 35.3 Å². The molecule has 444 valence electrons. The van der Waals surface area contributed by atoms with Gasteiger partial charge in [-0.3, -0.25) is 48.1 Å². The zero-order chi connectivity index (χ0) is 59.4. The Bertz CT molecular complexity index is 2200. The number of hydrogen-bond acceptors (Lipinski definition) is 15. The summed E-state index contributed by atoms with van der Waals surface area (Å²) in [5.74, 6) is -9.40. The summed E-state index contributed by atoms with van der Waals surface area (Å²) in [5, 5.41) is 48.5. The minimum Gasteiger partial charge on any atom is -0.481 e. The lowest BCUT2D eigenvalue weighted by molar-refractivity contribution is -0.144. The van der Waals surface area contributed by atoms with E-state index in [1.165, 1.54) is 23.6 Å². The number of benzene rings is 1. The number of unbranched alkanes of at least 4 members (excludes halogenated alkanes) is 1. The average molecular weight is 1130 g/mol. The zero-order valence-corrected chi connectivity index (χ0v) is 47.2. The van der Waals surface area contributed by atoms with E-state index < -0.39 is 138 Å². The highest BCUT2D eigenvalue weighted by Crippen LogP contribution is 2.21. The molecule has 0 aliphatic carbocycles. The number of carbonyl (C=O) groups is 10. The zero-order valence-electron chi connectivity index (χ0n) is 46.4. The van der Waals surface area contributed by atoms with Gasteiger partial charge in [0, 0.05) is 25.9 Å². The number of carboxylic acids is 2. The molecule has 0 aromatic heterocycles. The highest BCUT2D eigenvalue weighted by molar-refractivity contribution is 7.98. The first-order valence-corrected chi connectivity index (χ1v) is 28.3. The first kappa shape index (κ1) is 68.5. The van der Waals surface area contributed by atoms with Crippen LogP contribution in [-0.4, -0.2) is 177 Å². The summed E-state index contributed by atoms with van der Waals surface area (Å²) >= 11 is 1.47. The quantitative estimate of drug-likeness (QED) is 0.0201. The van der Waals surface area contributed by atoms with Crippen LogP contribution in [-0.2, 0) is 54.4 Å². The van der Waals surface area contributed by atoms with Crippen LogP contribution in [0.3, 0.4) is 0 Å². The van der Waals surface area contributed by atoms with Crippen molar-refractivity contribution in [2.24, 2.45) is 39.8 Å². The van der Waals surface area contributed by atoms with Gasteiger partial charge in [-0.25, -0.2) is 4.79 Å². The van der Waals surface area contributed by atoms with Crippen LogP contribution in [0.2, 0.25) is 0 Å². The largest absolute Gasteiger partial charge is 0.481 e. The highest BCUT2D eigenvalue weighted by atomic mass is 32.2. The third-order valence-corrected chi connectivity index (χ3v) is 14.0. The summed E-state index contributed by atoms with van der Waals surface area (Å²) in [6.07, 6.45) is 1.56. The van der Waals surface area contributed by atoms with E-state index in [1.807, 2.05) is 6.26 Å². The fraction of sp³-hybridized carbons (Fsp3) is 0.673. The minimum atomic E-state index is -1.52. The van der Waals surface area contributed by atoms with Gasteiger partial charge in [0.25, 0.3) is 0 Å². The molecule has 1 heterocycles. The number of aliphatic hydroxyl groups excluding tert-OH is 1. The van der Waals surface area contributed by atoms with Crippen molar-refractivity contribution >= 4 is 76.9 Å². The number of carboxylic acid groups (broad SMARTS) is 2. The molecule has 2 rings (SSSR count). The summed E-state index contributed by atoms with van der Waals surface area (Å²) in [7, 11) is 0. The summed E-state index contributed by atoms with van der Waals surface area (Å²) in [4.78, 5) is 141. The fourth-order valence-electron chi connectivity index (χ4n) is 8.65. The second kappa shape index (κ2) is 35.8. The standard InChI is InChI=1S/C52H87N13O13S/c1-7-30(4)41(63-44(70)34(17-11-12-23-53)58-49(75)42(31(5)66)64-43(69)33(54)22-26-79-6)48(74)62-37(27-29(2)3)45(71)59-35(20-21-40(67)68)50(76)65-25-14-19-39(65)47(73)61-38(28-32-15-9-8-10-16-32)46(72)60-36(51(77)78)18-13-24-57-52(55)56/h8-10,15-16,29-31,33-39,41-42,66H,7,11-14,17-28,53-54H2,1-6H3,(H,58,75)(H,59,71)(H,60,72)(H,61,73)(H,62,74)(H,63,70)(H,64,69)(H,67,68)(H,77,78)(H4,55,56,57)/t30-,31+,33-,34-,35-,36-,37-,38-,39-,41-,42-/m0/s1. The Balaban J connectivity index is 2.42. The second-order valence-corrected chi connectivity index (χ2v) is 21.3. The molecule has 1 saturated heterocycles. The van der Waals surface area contributed by atoms with Crippen molar-refractivity contribution in [3.63, 3.8) is 0 Å². The molecule has 0 radical (unpaired) electrons. The summed E-state index contributed by atoms with van der Waals surface area (Å²) < 4.78 is 0. The van der Waals surface area contributed by atoms with Gasteiger partial charge < -0.3 is 80.4 Å². The SMILES string of the molecule is CC[C@H](C)[C@H](NC(=O)[C@H](CCCCN)NC(=O)[C@@H](NC(=O)[C@@H](N)CCSC)[C@@H](C)O)C(=O)N[C@@H](CC(C)C)C(=O)N[C@@H](CCC(=O)O)C(=O)N1CCC[C@H]1C(=O)N[C@@H](Cc1ccccc1)C(=O)N[C@@H](CCCN=C(N)N)C(=O)O. The van der Waals surface area contributed by atoms with Gasteiger partial charge in [-0.2, -0.15) is 11.8 Å². The van der Waals surface area contributed by atoms with Crippen LogP contribution in [0.1, 0.15) is 117 Å². The Hall–Kier alpha value is -6.58. The summed E-state index contributed by atoms with van der Waals surface area (Å²) in [6, 6.07) is -3.16. The van der Waals surface area contributed by atoms with Gasteiger partial charge >= 0.3 is 11.9 Å². The van der Waals surface area contributed by atoms with Gasteiger partial charge in [0.15, 0.2) is 5.96 Å². The van der Waals surface area contributed by atoms with Gasteiger partial charge in [0.2, 0.25) is 47.3 Å². The van der Waals surface area contributed by atoms with Crippen molar-refractivity contribution in [2.45, 2.75) is 179 Å². The van der Waals surface area contributed by atoms with Crippen molar-refractivity contribution in [1.82, 2.24) is 42.1 Å². The van der Waals surface area contributed by atoms with Gasteiger partial charge in [0.1, 0.15) is 48.3 Å². The van der Waals surface area contributed by atoms with Crippen molar-refractivity contribution in [3.05, 3.63) is 35.9 Å². The number of hydrogen-bond donors (Lipinski definition) is 14. The van der Waals surface area contributed by atoms with Crippen LogP contribution < -0.4 is 60.2 Å². The first-order chi connectivity index (χ1) is 37.3. The molecule has 11 atom stereocenters. The molecule has 1 aliphatic rings. The van der Waals surface area contributed by atoms with E-state index in [9.17, 15) is 63.3 Å². The van der Waals surface area contributed by atoms with Crippen molar-refractivity contribution in [1.29, 1.82) is 0 Å². The van der Waals surface area contributed by atoms with Crippen LogP contribution in [0.25, 0.3) is 0 Å².